The van der Waals surface area contributed by atoms with Gasteiger partial charge < -0.3 is 10.1 Å². The molecule has 0 amide bonds. The number of anilines is 1. The molecule has 3 heterocycles. The van der Waals surface area contributed by atoms with E-state index >= 15 is 0 Å². The summed E-state index contributed by atoms with van der Waals surface area (Å²) in [4.78, 5) is 14.7. The van der Waals surface area contributed by atoms with Crippen molar-refractivity contribution in [1.82, 2.24) is 24.1 Å². The van der Waals surface area contributed by atoms with Gasteiger partial charge in [-0.25, -0.2) is 32.5 Å². The Morgan fingerprint density at radius 2 is 1.92 bits per heavy atom. The minimum absolute atomic E-state index is 0.0188. The number of sulfonamides is 1. The normalized spacial score (nSPS) is 11.6. The van der Waals surface area contributed by atoms with E-state index in [9.17, 15) is 12.8 Å². The zero-order valence-electron chi connectivity index (χ0n) is 19.8. The SMILES string of the molecule is COc1cccc(-c2nc3sccn3c2-c2ccnc(NCCCNS(=O)(=O)c3ccc(F)cc3)n2)c1. The maximum atomic E-state index is 13.1. The molecule has 0 saturated heterocycles. The van der Waals surface area contributed by atoms with Crippen molar-refractivity contribution < 1.29 is 17.5 Å². The van der Waals surface area contributed by atoms with Crippen LogP contribution < -0.4 is 14.8 Å². The van der Waals surface area contributed by atoms with Crippen LogP contribution >= 0.6 is 11.3 Å². The van der Waals surface area contributed by atoms with Gasteiger partial charge in [0.25, 0.3) is 0 Å². The molecule has 0 bridgehead atoms. The van der Waals surface area contributed by atoms with Gasteiger partial charge in [0.1, 0.15) is 17.3 Å². The van der Waals surface area contributed by atoms with Crippen molar-refractivity contribution in [3.8, 4) is 28.4 Å². The van der Waals surface area contributed by atoms with E-state index < -0.39 is 15.8 Å². The van der Waals surface area contributed by atoms with Gasteiger partial charge in [0.15, 0.2) is 4.96 Å². The van der Waals surface area contributed by atoms with Gasteiger partial charge in [0, 0.05) is 36.4 Å². The van der Waals surface area contributed by atoms with Crippen LogP contribution in [0.5, 0.6) is 5.75 Å². The summed E-state index contributed by atoms with van der Waals surface area (Å²) in [5, 5.41) is 5.11. The third-order valence-electron chi connectivity index (χ3n) is 5.56. The lowest BCUT2D eigenvalue weighted by Crippen LogP contribution is -2.26. The molecule has 2 aromatic carbocycles. The number of imidazole rings is 1. The fourth-order valence-electron chi connectivity index (χ4n) is 3.77. The van der Waals surface area contributed by atoms with E-state index in [1.54, 1.807) is 13.3 Å². The molecule has 0 spiro atoms. The molecular formula is C25H23FN6O3S2. The van der Waals surface area contributed by atoms with Gasteiger partial charge in [0.05, 0.1) is 23.4 Å². The van der Waals surface area contributed by atoms with E-state index in [1.165, 1.54) is 23.5 Å². The first-order chi connectivity index (χ1) is 17.9. The zero-order valence-corrected chi connectivity index (χ0v) is 21.4. The van der Waals surface area contributed by atoms with Crippen molar-refractivity contribution in [1.29, 1.82) is 0 Å². The van der Waals surface area contributed by atoms with E-state index in [4.69, 9.17) is 14.7 Å². The number of thiazole rings is 1. The smallest absolute Gasteiger partial charge is 0.240 e. The number of halogens is 1. The van der Waals surface area contributed by atoms with Crippen LogP contribution in [0.25, 0.3) is 27.6 Å². The first-order valence-corrected chi connectivity index (χ1v) is 13.7. The first kappa shape index (κ1) is 24.8. The van der Waals surface area contributed by atoms with E-state index in [0.717, 1.165) is 39.8 Å². The molecule has 0 fully saturated rings. The van der Waals surface area contributed by atoms with Gasteiger partial charge in [-0.1, -0.05) is 12.1 Å². The highest BCUT2D eigenvalue weighted by Crippen LogP contribution is 2.34. The topological polar surface area (TPSA) is 111 Å². The molecule has 190 valence electrons. The summed E-state index contributed by atoms with van der Waals surface area (Å²) in [6, 6.07) is 14.2. The van der Waals surface area contributed by atoms with Crippen LogP contribution in [0.4, 0.5) is 10.3 Å². The molecule has 2 N–H and O–H groups in total. The molecule has 0 unspecified atom stereocenters. The maximum Gasteiger partial charge on any atom is 0.240 e. The number of benzene rings is 2. The quantitative estimate of drug-likeness (QED) is 0.253. The third-order valence-corrected chi connectivity index (χ3v) is 7.79. The van der Waals surface area contributed by atoms with Crippen molar-refractivity contribution in [2.75, 3.05) is 25.5 Å². The van der Waals surface area contributed by atoms with E-state index in [0.29, 0.717) is 24.6 Å². The number of methoxy groups -OCH3 is 1. The summed E-state index contributed by atoms with van der Waals surface area (Å²) in [6.45, 7) is 0.642. The number of hydrogen-bond acceptors (Lipinski definition) is 8. The Labute approximate surface area is 217 Å². The number of fused-ring (bicyclic) bond motifs is 1. The van der Waals surface area contributed by atoms with Crippen molar-refractivity contribution in [3.63, 3.8) is 0 Å². The predicted molar refractivity (Wildman–Crippen MR) is 141 cm³/mol. The number of ether oxygens (including phenoxy) is 1. The monoisotopic (exact) mass is 538 g/mol. The summed E-state index contributed by atoms with van der Waals surface area (Å²) in [5.41, 5.74) is 3.22. The molecule has 12 heteroatoms. The molecule has 0 aliphatic heterocycles. The van der Waals surface area contributed by atoms with E-state index in [-0.39, 0.29) is 11.4 Å². The van der Waals surface area contributed by atoms with Gasteiger partial charge in [0.2, 0.25) is 16.0 Å². The van der Waals surface area contributed by atoms with Gasteiger partial charge in [-0.3, -0.25) is 4.40 Å². The second kappa shape index (κ2) is 10.6. The summed E-state index contributed by atoms with van der Waals surface area (Å²) in [5.74, 6) is 0.664. The minimum Gasteiger partial charge on any atom is -0.497 e. The Balaban J connectivity index is 1.29. The molecule has 3 aromatic heterocycles. The van der Waals surface area contributed by atoms with Crippen LogP contribution in [0, 0.1) is 5.82 Å². The second-order valence-corrected chi connectivity index (χ2v) is 10.6. The lowest BCUT2D eigenvalue weighted by Gasteiger charge is -2.09. The highest BCUT2D eigenvalue weighted by atomic mass is 32.2. The highest BCUT2D eigenvalue weighted by molar-refractivity contribution is 7.89. The summed E-state index contributed by atoms with van der Waals surface area (Å²) >= 11 is 1.53. The van der Waals surface area contributed by atoms with Crippen molar-refractivity contribution >= 4 is 32.3 Å². The van der Waals surface area contributed by atoms with Crippen LogP contribution in [-0.4, -0.2) is 48.0 Å². The Hall–Kier alpha value is -3.87. The highest BCUT2D eigenvalue weighted by Gasteiger charge is 2.19. The zero-order chi connectivity index (χ0) is 25.8. The summed E-state index contributed by atoms with van der Waals surface area (Å²) in [7, 11) is -2.08. The molecule has 9 nitrogen and oxygen atoms in total. The largest absolute Gasteiger partial charge is 0.497 e. The fraction of sp³-hybridized carbons (Fsp3) is 0.160. The van der Waals surface area contributed by atoms with E-state index in [2.05, 4.69) is 15.0 Å². The van der Waals surface area contributed by atoms with Crippen LogP contribution in [0.3, 0.4) is 0 Å². The van der Waals surface area contributed by atoms with E-state index in [1.807, 2.05) is 46.3 Å². The first-order valence-electron chi connectivity index (χ1n) is 11.4. The van der Waals surface area contributed by atoms with Crippen LogP contribution in [-0.2, 0) is 10.0 Å². The molecule has 0 saturated carbocycles. The van der Waals surface area contributed by atoms with Crippen LogP contribution in [0.15, 0.2) is 77.3 Å². The second-order valence-electron chi connectivity index (χ2n) is 7.99. The summed E-state index contributed by atoms with van der Waals surface area (Å²) < 4.78 is 47.6. The van der Waals surface area contributed by atoms with Crippen molar-refractivity contribution in [2.45, 2.75) is 11.3 Å². The third kappa shape index (κ3) is 5.45. The van der Waals surface area contributed by atoms with Gasteiger partial charge in [-0.2, -0.15) is 0 Å². The Bertz CT molecular complexity index is 1630. The lowest BCUT2D eigenvalue weighted by molar-refractivity contribution is 0.415. The van der Waals surface area contributed by atoms with Gasteiger partial charge >= 0.3 is 0 Å². The molecule has 0 aliphatic rings. The predicted octanol–water partition coefficient (Wildman–Crippen LogP) is 4.45. The Morgan fingerprint density at radius 1 is 1.08 bits per heavy atom. The lowest BCUT2D eigenvalue weighted by atomic mass is 10.1. The Morgan fingerprint density at radius 3 is 2.73 bits per heavy atom. The average molecular weight is 539 g/mol. The number of rotatable bonds is 10. The molecule has 0 aliphatic carbocycles. The number of nitrogens with one attached hydrogen (secondary N) is 2. The fourth-order valence-corrected chi connectivity index (χ4v) is 5.56. The van der Waals surface area contributed by atoms with Crippen molar-refractivity contribution in [3.05, 3.63) is 78.2 Å². The standard InChI is InChI=1S/C25H23FN6O3S2/c1-35-19-5-2-4-17(16-19)22-23(32-14-15-36-25(32)31-22)21-10-13-28-24(30-21)27-11-3-12-29-37(33,34)20-8-6-18(26)7-9-20/h2,4-10,13-16,29H,3,11-12H2,1H3,(H,27,28,30). The van der Waals surface area contributed by atoms with Gasteiger partial charge in [-0.05, 0) is 48.9 Å². The summed E-state index contributed by atoms with van der Waals surface area (Å²) in [6.07, 6.45) is 4.11. The number of aromatic nitrogens is 4. The molecule has 5 rings (SSSR count). The molecular weight excluding hydrogens is 515 g/mol. The van der Waals surface area contributed by atoms with Crippen molar-refractivity contribution in [2.24, 2.45) is 0 Å². The van der Waals surface area contributed by atoms with Gasteiger partial charge in [-0.15, -0.1) is 11.3 Å². The number of nitrogens with zero attached hydrogens (tertiary/aromatic N) is 4. The number of hydrogen-bond donors (Lipinski definition) is 2. The molecule has 5 aromatic rings. The molecule has 37 heavy (non-hydrogen) atoms. The van der Waals surface area contributed by atoms with Crippen LogP contribution in [0.1, 0.15) is 6.42 Å². The Kier molecular flexibility index (Phi) is 7.12. The minimum atomic E-state index is -3.70. The molecule has 0 atom stereocenters. The average Bonchev–Trinajstić information content (AvgIpc) is 3.50. The van der Waals surface area contributed by atoms with Crippen LogP contribution in [0.2, 0.25) is 0 Å². The maximum absolute atomic E-state index is 13.1. The molecule has 0 radical (unpaired) electrons.